The molecule has 0 spiro atoms. The maximum Gasteiger partial charge on any atom is 0.261 e. The number of amides is 3. The van der Waals surface area contributed by atoms with E-state index in [-0.39, 0.29) is 17.7 Å². The van der Waals surface area contributed by atoms with Crippen molar-refractivity contribution in [2.24, 2.45) is 7.05 Å². The quantitative estimate of drug-likeness (QED) is 0.580. The zero-order chi connectivity index (χ0) is 18.5. The van der Waals surface area contributed by atoms with Crippen LogP contribution in [0, 0.1) is 0 Å². The van der Waals surface area contributed by atoms with E-state index in [1.807, 2.05) is 19.3 Å². The maximum absolute atomic E-state index is 12.2. The predicted octanol–water partition coefficient (Wildman–Crippen LogP) is 1.89. The Morgan fingerprint density at radius 3 is 2.35 bits per heavy atom. The number of hydrogen-bond acceptors (Lipinski definition) is 4. The minimum absolute atomic E-state index is 0.0172. The van der Waals surface area contributed by atoms with Gasteiger partial charge in [-0.1, -0.05) is 18.6 Å². The van der Waals surface area contributed by atoms with Gasteiger partial charge in [0.05, 0.1) is 23.4 Å². The van der Waals surface area contributed by atoms with Crippen molar-refractivity contribution in [2.45, 2.75) is 32.2 Å². The number of nitrogens with one attached hydrogen (secondary N) is 1. The molecule has 0 fully saturated rings. The lowest BCUT2D eigenvalue weighted by Gasteiger charge is -2.13. The lowest BCUT2D eigenvalue weighted by molar-refractivity contribution is -0.121. The molecule has 7 heteroatoms. The van der Waals surface area contributed by atoms with Crippen LogP contribution < -0.4 is 5.32 Å². The molecule has 0 bridgehead atoms. The Balaban J connectivity index is 1.34. The summed E-state index contributed by atoms with van der Waals surface area (Å²) in [7, 11) is 1.83. The zero-order valence-electron chi connectivity index (χ0n) is 14.8. The Kier molecular flexibility index (Phi) is 5.46. The Bertz CT molecular complexity index is 793. The molecule has 0 atom stereocenters. The molecule has 26 heavy (non-hydrogen) atoms. The van der Waals surface area contributed by atoms with Gasteiger partial charge in [0.15, 0.2) is 0 Å². The molecule has 0 radical (unpaired) electrons. The van der Waals surface area contributed by atoms with Crippen molar-refractivity contribution < 1.29 is 14.4 Å². The van der Waals surface area contributed by atoms with Crippen LogP contribution in [0.5, 0.6) is 0 Å². The highest BCUT2D eigenvalue weighted by Gasteiger charge is 2.34. The first kappa shape index (κ1) is 17.8. The number of hydrogen-bond donors (Lipinski definition) is 1. The van der Waals surface area contributed by atoms with Crippen molar-refractivity contribution >= 4 is 17.7 Å². The highest BCUT2D eigenvalue weighted by atomic mass is 16.2. The van der Waals surface area contributed by atoms with Crippen molar-refractivity contribution in [3.8, 4) is 0 Å². The molecule has 3 amide bonds. The van der Waals surface area contributed by atoms with Crippen molar-refractivity contribution in [2.75, 3.05) is 6.54 Å². The number of benzene rings is 1. The molecule has 1 aliphatic heterocycles. The van der Waals surface area contributed by atoms with Crippen molar-refractivity contribution in [3.63, 3.8) is 0 Å². The molecule has 7 nitrogen and oxygen atoms in total. The Hall–Kier alpha value is -2.96. The third-order valence-electron chi connectivity index (χ3n) is 4.40. The molecule has 0 unspecified atom stereocenters. The summed E-state index contributed by atoms with van der Waals surface area (Å²) in [5, 5.41) is 7.04. The predicted molar refractivity (Wildman–Crippen MR) is 95.3 cm³/mol. The summed E-state index contributed by atoms with van der Waals surface area (Å²) in [6, 6.07) is 8.75. The molecule has 2 aromatic rings. The lowest BCUT2D eigenvalue weighted by Crippen LogP contribution is -2.30. The molecule has 136 valence electrons. The second-order valence-electron chi connectivity index (χ2n) is 6.38. The van der Waals surface area contributed by atoms with Gasteiger partial charge in [0, 0.05) is 26.2 Å². The molecular formula is C19H22N4O3. The third kappa shape index (κ3) is 3.99. The Labute approximate surface area is 152 Å². The standard InChI is InChI=1S/C19H22N4O3/c1-22-12-10-14(21-22)13-20-17(24)9-3-2-6-11-23-18(25)15-7-4-5-8-16(15)19(23)26/h4-5,7-8,10,12H,2-3,6,9,11,13H2,1H3,(H,20,24). The Morgan fingerprint density at radius 1 is 1.04 bits per heavy atom. The monoisotopic (exact) mass is 354 g/mol. The second-order valence-corrected chi connectivity index (χ2v) is 6.38. The molecule has 1 aliphatic rings. The van der Waals surface area contributed by atoms with Crippen LogP contribution in [0.15, 0.2) is 36.5 Å². The molecule has 0 saturated carbocycles. The Morgan fingerprint density at radius 2 is 1.73 bits per heavy atom. The normalized spacial score (nSPS) is 13.2. The van der Waals surface area contributed by atoms with Gasteiger partial charge in [0.1, 0.15) is 0 Å². The van der Waals surface area contributed by atoms with Gasteiger partial charge in [0.25, 0.3) is 11.8 Å². The molecule has 1 N–H and O–H groups in total. The molecule has 0 saturated heterocycles. The van der Waals surface area contributed by atoms with Crippen LogP contribution in [-0.4, -0.2) is 38.9 Å². The minimum atomic E-state index is -0.223. The van der Waals surface area contributed by atoms with Gasteiger partial charge in [-0.15, -0.1) is 0 Å². The van der Waals surface area contributed by atoms with Gasteiger partial charge in [-0.3, -0.25) is 24.0 Å². The van der Waals surface area contributed by atoms with Gasteiger partial charge in [-0.2, -0.15) is 5.10 Å². The number of carbonyl (C=O) groups is 3. The van der Waals surface area contributed by atoms with Crippen LogP contribution in [0.2, 0.25) is 0 Å². The molecule has 0 aliphatic carbocycles. The van der Waals surface area contributed by atoms with E-state index in [0.717, 1.165) is 18.5 Å². The first-order valence-corrected chi connectivity index (χ1v) is 8.76. The van der Waals surface area contributed by atoms with E-state index < -0.39 is 0 Å². The summed E-state index contributed by atoms with van der Waals surface area (Å²) in [6.07, 6.45) is 4.45. The lowest BCUT2D eigenvalue weighted by atomic mass is 10.1. The van der Waals surface area contributed by atoms with Crippen LogP contribution in [0.25, 0.3) is 0 Å². The van der Waals surface area contributed by atoms with E-state index in [2.05, 4.69) is 10.4 Å². The first-order valence-electron chi connectivity index (χ1n) is 8.76. The van der Waals surface area contributed by atoms with Gasteiger partial charge < -0.3 is 5.32 Å². The van der Waals surface area contributed by atoms with Crippen molar-refractivity contribution in [3.05, 3.63) is 53.3 Å². The van der Waals surface area contributed by atoms with Crippen molar-refractivity contribution in [1.29, 1.82) is 0 Å². The molecule has 2 heterocycles. The zero-order valence-corrected chi connectivity index (χ0v) is 14.8. The van der Waals surface area contributed by atoms with Crippen LogP contribution >= 0.6 is 0 Å². The fourth-order valence-electron chi connectivity index (χ4n) is 3.01. The number of aryl methyl sites for hydroxylation is 1. The van der Waals surface area contributed by atoms with Gasteiger partial charge in [0.2, 0.25) is 5.91 Å². The summed E-state index contributed by atoms with van der Waals surface area (Å²) in [4.78, 5) is 37.6. The van der Waals surface area contributed by atoms with Gasteiger partial charge in [-0.05, 0) is 31.0 Å². The SMILES string of the molecule is Cn1ccc(CNC(=O)CCCCCN2C(=O)c3ccccc3C2=O)n1. The molecule has 1 aromatic carbocycles. The smallest absolute Gasteiger partial charge is 0.261 e. The van der Waals surface area contributed by atoms with Crippen LogP contribution in [0.1, 0.15) is 52.1 Å². The molecule has 1 aromatic heterocycles. The number of unbranched alkanes of at least 4 members (excludes halogenated alkanes) is 2. The number of imide groups is 1. The number of aromatic nitrogens is 2. The van der Waals surface area contributed by atoms with Crippen LogP contribution in [0.3, 0.4) is 0 Å². The number of rotatable bonds is 8. The number of fused-ring (bicyclic) bond motifs is 1. The average Bonchev–Trinajstić information content (AvgIpc) is 3.16. The van der Waals surface area contributed by atoms with E-state index in [0.29, 0.717) is 37.1 Å². The highest BCUT2D eigenvalue weighted by molar-refractivity contribution is 6.21. The molecule has 3 rings (SSSR count). The van der Waals surface area contributed by atoms with E-state index in [4.69, 9.17) is 0 Å². The summed E-state index contributed by atoms with van der Waals surface area (Å²) < 4.78 is 1.70. The number of nitrogens with zero attached hydrogens (tertiary/aromatic N) is 3. The topological polar surface area (TPSA) is 84.3 Å². The van der Waals surface area contributed by atoms with Crippen LogP contribution in [0.4, 0.5) is 0 Å². The fourth-order valence-corrected chi connectivity index (χ4v) is 3.01. The van der Waals surface area contributed by atoms with Crippen LogP contribution in [-0.2, 0) is 18.4 Å². The summed E-state index contributed by atoms with van der Waals surface area (Å²) >= 11 is 0. The summed E-state index contributed by atoms with van der Waals surface area (Å²) in [5.74, 6) is -0.464. The highest BCUT2D eigenvalue weighted by Crippen LogP contribution is 2.22. The summed E-state index contributed by atoms with van der Waals surface area (Å²) in [6.45, 7) is 0.816. The summed E-state index contributed by atoms with van der Waals surface area (Å²) in [5.41, 5.74) is 1.78. The first-order chi connectivity index (χ1) is 12.6. The van der Waals surface area contributed by atoms with Gasteiger partial charge >= 0.3 is 0 Å². The van der Waals surface area contributed by atoms with E-state index >= 15 is 0 Å². The van der Waals surface area contributed by atoms with E-state index in [1.54, 1.807) is 28.9 Å². The fraction of sp³-hybridized carbons (Fsp3) is 0.368. The van der Waals surface area contributed by atoms with Gasteiger partial charge in [-0.25, -0.2) is 0 Å². The van der Waals surface area contributed by atoms with Crippen molar-refractivity contribution in [1.82, 2.24) is 20.0 Å². The van der Waals surface area contributed by atoms with E-state index in [1.165, 1.54) is 4.90 Å². The second kappa shape index (κ2) is 7.95. The maximum atomic E-state index is 12.2. The van der Waals surface area contributed by atoms with E-state index in [9.17, 15) is 14.4 Å². The molecular weight excluding hydrogens is 332 g/mol. The largest absolute Gasteiger partial charge is 0.350 e. The average molecular weight is 354 g/mol. The third-order valence-corrected chi connectivity index (χ3v) is 4.40. The number of carbonyl (C=O) groups excluding carboxylic acids is 3. The minimum Gasteiger partial charge on any atom is -0.350 e.